The van der Waals surface area contributed by atoms with Crippen molar-refractivity contribution in [3.8, 4) is 0 Å². The molecule has 2 aliphatic heterocycles. The molecule has 21 heavy (non-hydrogen) atoms. The van der Waals surface area contributed by atoms with Gasteiger partial charge in [-0.05, 0) is 13.8 Å². The number of esters is 3. The summed E-state index contributed by atoms with van der Waals surface area (Å²) in [6.45, 7) is 3.27. The fourth-order valence-electron chi connectivity index (χ4n) is 2.02. The third kappa shape index (κ3) is 2.18. The van der Waals surface area contributed by atoms with Crippen molar-refractivity contribution in [2.75, 3.05) is 20.3 Å². The summed E-state index contributed by atoms with van der Waals surface area (Å²) in [6, 6.07) is 0. The Morgan fingerprint density at radius 3 is 2.10 bits per heavy atom. The van der Waals surface area contributed by atoms with Gasteiger partial charge in [0, 0.05) is 7.05 Å². The van der Waals surface area contributed by atoms with E-state index >= 15 is 0 Å². The highest BCUT2D eigenvalue weighted by Gasteiger charge is 2.49. The standard InChI is InChI=1S/C13H13NO7/c1-4-19-11(16)6-8-9(21-13(6)18)7(10(15)14(8)3)12(17)20-5-2/h4-5H2,1-3H3. The molecule has 2 rings (SSSR count). The maximum Gasteiger partial charge on any atom is 0.353 e. The van der Waals surface area contributed by atoms with Crippen LogP contribution in [0.25, 0.3) is 0 Å². The number of nitrogens with zero attached hydrogens (tertiary/aromatic N) is 1. The average molecular weight is 295 g/mol. The molecule has 0 radical (unpaired) electrons. The van der Waals surface area contributed by atoms with Crippen LogP contribution in [0, 0.1) is 0 Å². The van der Waals surface area contributed by atoms with Crippen molar-refractivity contribution in [3.63, 3.8) is 0 Å². The molecule has 0 atom stereocenters. The fraction of sp³-hybridized carbons (Fsp3) is 0.385. The van der Waals surface area contributed by atoms with Gasteiger partial charge in [0.2, 0.25) is 0 Å². The van der Waals surface area contributed by atoms with Crippen molar-refractivity contribution in [1.82, 2.24) is 4.90 Å². The van der Waals surface area contributed by atoms with E-state index in [0.29, 0.717) is 0 Å². The van der Waals surface area contributed by atoms with Gasteiger partial charge < -0.3 is 19.1 Å². The van der Waals surface area contributed by atoms with Crippen molar-refractivity contribution in [3.05, 3.63) is 22.6 Å². The molecule has 1 amide bonds. The van der Waals surface area contributed by atoms with Crippen LogP contribution in [-0.2, 0) is 33.4 Å². The first kappa shape index (κ1) is 14.8. The summed E-state index contributed by atoms with van der Waals surface area (Å²) in [7, 11) is 1.32. The highest BCUT2D eigenvalue weighted by atomic mass is 16.6. The van der Waals surface area contributed by atoms with E-state index in [-0.39, 0.29) is 24.7 Å². The number of carbonyl (C=O) groups excluding carboxylic acids is 4. The van der Waals surface area contributed by atoms with Gasteiger partial charge in [0.25, 0.3) is 5.91 Å². The Morgan fingerprint density at radius 2 is 1.57 bits per heavy atom. The Balaban J connectivity index is 2.54. The number of hydrogen-bond acceptors (Lipinski definition) is 7. The number of fused-ring (bicyclic) bond motifs is 1. The summed E-state index contributed by atoms with van der Waals surface area (Å²) in [5, 5.41) is 0. The minimum Gasteiger partial charge on any atom is -0.462 e. The minimum atomic E-state index is -0.959. The highest BCUT2D eigenvalue weighted by Crippen LogP contribution is 2.38. The van der Waals surface area contributed by atoms with Crippen LogP contribution in [0.4, 0.5) is 0 Å². The van der Waals surface area contributed by atoms with Crippen LogP contribution < -0.4 is 0 Å². The predicted octanol–water partition coefficient (Wildman–Crippen LogP) is -0.350. The molecule has 2 aliphatic rings. The SMILES string of the molecule is CCOC(=O)C1=C2OC(=O)C(C(=O)OCC)=C2N(C)C1=O. The minimum absolute atomic E-state index is 0.0599. The van der Waals surface area contributed by atoms with Crippen molar-refractivity contribution < 1.29 is 33.4 Å². The summed E-state index contributed by atoms with van der Waals surface area (Å²) in [5.74, 6) is -3.73. The van der Waals surface area contributed by atoms with Crippen molar-refractivity contribution >= 4 is 23.8 Å². The van der Waals surface area contributed by atoms with Crippen LogP contribution in [0.3, 0.4) is 0 Å². The molecule has 0 unspecified atom stereocenters. The Kier molecular flexibility index (Phi) is 3.79. The molecule has 0 saturated heterocycles. The zero-order valence-corrected chi connectivity index (χ0v) is 11.7. The smallest absolute Gasteiger partial charge is 0.353 e. The van der Waals surface area contributed by atoms with E-state index in [1.165, 1.54) is 7.05 Å². The first-order valence-electron chi connectivity index (χ1n) is 6.27. The van der Waals surface area contributed by atoms with E-state index in [9.17, 15) is 19.2 Å². The Bertz CT molecular complexity index is 614. The normalized spacial score (nSPS) is 17.2. The fourth-order valence-corrected chi connectivity index (χ4v) is 2.02. The molecule has 0 aromatic carbocycles. The molecule has 8 heteroatoms. The lowest BCUT2D eigenvalue weighted by Gasteiger charge is -2.11. The van der Waals surface area contributed by atoms with E-state index in [1.54, 1.807) is 13.8 Å². The summed E-state index contributed by atoms with van der Waals surface area (Å²) in [6.07, 6.45) is 0. The van der Waals surface area contributed by atoms with Gasteiger partial charge in [-0.1, -0.05) is 0 Å². The number of rotatable bonds is 4. The van der Waals surface area contributed by atoms with Crippen LogP contribution in [0.5, 0.6) is 0 Å². The molecule has 8 nitrogen and oxygen atoms in total. The molecule has 0 aliphatic carbocycles. The van der Waals surface area contributed by atoms with Crippen molar-refractivity contribution in [2.45, 2.75) is 13.8 Å². The van der Waals surface area contributed by atoms with Crippen LogP contribution >= 0.6 is 0 Å². The monoisotopic (exact) mass is 295 g/mol. The van der Waals surface area contributed by atoms with Gasteiger partial charge in [-0.2, -0.15) is 0 Å². The van der Waals surface area contributed by atoms with Crippen LogP contribution in [0.15, 0.2) is 22.6 Å². The van der Waals surface area contributed by atoms with E-state index in [1.807, 2.05) is 0 Å². The first-order chi connectivity index (χ1) is 9.93. The predicted molar refractivity (Wildman–Crippen MR) is 66.2 cm³/mol. The van der Waals surface area contributed by atoms with Gasteiger partial charge in [-0.3, -0.25) is 4.79 Å². The van der Waals surface area contributed by atoms with Gasteiger partial charge in [-0.25, -0.2) is 14.4 Å². The summed E-state index contributed by atoms with van der Waals surface area (Å²) in [4.78, 5) is 48.4. The van der Waals surface area contributed by atoms with Crippen LogP contribution in [0.1, 0.15) is 13.8 Å². The lowest BCUT2D eigenvalue weighted by atomic mass is 10.2. The zero-order chi connectivity index (χ0) is 15.7. The Labute approximate surface area is 119 Å². The average Bonchev–Trinajstić information content (AvgIpc) is 2.86. The molecule has 0 aromatic rings. The lowest BCUT2D eigenvalue weighted by molar-refractivity contribution is -0.143. The molecule has 2 heterocycles. The number of hydrogen-bond donors (Lipinski definition) is 0. The number of amides is 1. The van der Waals surface area contributed by atoms with Gasteiger partial charge in [-0.15, -0.1) is 0 Å². The van der Waals surface area contributed by atoms with Crippen LogP contribution in [0.2, 0.25) is 0 Å². The molecule has 112 valence electrons. The Morgan fingerprint density at radius 1 is 1.05 bits per heavy atom. The summed E-state index contributed by atoms with van der Waals surface area (Å²) in [5.41, 5.74) is -0.865. The second-order valence-corrected chi connectivity index (χ2v) is 4.12. The van der Waals surface area contributed by atoms with Crippen molar-refractivity contribution in [1.29, 1.82) is 0 Å². The number of likely N-dealkylation sites (N-methyl/N-ethyl adjacent to an activating group) is 1. The third-order valence-corrected chi connectivity index (χ3v) is 2.89. The Hall–Kier alpha value is -2.64. The largest absolute Gasteiger partial charge is 0.462 e. The van der Waals surface area contributed by atoms with Gasteiger partial charge >= 0.3 is 17.9 Å². The maximum atomic E-state index is 12.1. The van der Waals surface area contributed by atoms with E-state index in [2.05, 4.69) is 0 Å². The number of ether oxygens (including phenoxy) is 3. The van der Waals surface area contributed by atoms with Gasteiger partial charge in [0.1, 0.15) is 5.70 Å². The molecular weight excluding hydrogens is 282 g/mol. The van der Waals surface area contributed by atoms with E-state index in [4.69, 9.17) is 14.2 Å². The van der Waals surface area contributed by atoms with Crippen molar-refractivity contribution in [2.24, 2.45) is 0 Å². The molecule has 0 fully saturated rings. The second kappa shape index (κ2) is 5.39. The molecule has 0 spiro atoms. The third-order valence-electron chi connectivity index (χ3n) is 2.89. The molecular formula is C13H13NO7. The molecule has 0 bridgehead atoms. The summed E-state index contributed by atoms with van der Waals surface area (Å²) >= 11 is 0. The highest BCUT2D eigenvalue weighted by molar-refractivity contribution is 6.25. The number of carbonyl (C=O) groups is 4. The molecule has 0 saturated carbocycles. The first-order valence-corrected chi connectivity index (χ1v) is 6.27. The van der Waals surface area contributed by atoms with E-state index < -0.39 is 35.0 Å². The topological polar surface area (TPSA) is 99.2 Å². The van der Waals surface area contributed by atoms with Crippen LogP contribution in [-0.4, -0.2) is 49.0 Å². The summed E-state index contributed by atoms with van der Waals surface area (Å²) < 4.78 is 14.4. The maximum absolute atomic E-state index is 12.1. The van der Waals surface area contributed by atoms with Gasteiger partial charge in [0.15, 0.2) is 16.9 Å². The zero-order valence-electron chi connectivity index (χ0n) is 11.7. The second-order valence-electron chi connectivity index (χ2n) is 4.12. The quantitative estimate of drug-likeness (QED) is 0.397. The lowest BCUT2D eigenvalue weighted by Crippen LogP contribution is -2.27. The molecule has 0 N–H and O–H groups in total. The van der Waals surface area contributed by atoms with Gasteiger partial charge in [0.05, 0.1) is 13.2 Å². The van der Waals surface area contributed by atoms with E-state index in [0.717, 1.165) is 4.90 Å². The molecule has 0 aromatic heterocycles.